The van der Waals surface area contributed by atoms with Crippen LogP contribution in [-0.2, 0) is 6.42 Å². The molecular formula is C14H24ClN5. The summed E-state index contributed by atoms with van der Waals surface area (Å²) in [5.74, 6) is 1.22. The highest BCUT2D eigenvalue weighted by molar-refractivity contribution is 5.85. The molecule has 3 rings (SSSR count). The third-order valence-corrected chi connectivity index (χ3v) is 4.15. The van der Waals surface area contributed by atoms with Crippen molar-refractivity contribution in [3.63, 3.8) is 0 Å². The van der Waals surface area contributed by atoms with E-state index in [1.54, 1.807) is 0 Å². The van der Waals surface area contributed by atoms with E-state index in [9.17, 15) is 0 Å². The smallest absolute Gasteiger partial charge is 0.123 e. The second kappa shape index (κ2) is 7.22. The summed E-state index contributed by atoms with van der Waals surface area (Å²) in [5, 5.41) is 10.7. The van der Waals surface area contributed by atoms with E-state index in [0.29, 0.717) is 23.8 Å². The highest BCUT2D eigenvalue weighted by Crippen LogP contribution is 2.17. The van der Waals surface area contributed by atoms with E-state index >= 15 is 0 Å². The Labute approximate surface area is 126 Å². The van der Waals surface area contributed by atoms with E-state index in [1.807, 2.05) is 12.1 Å². The van der Waals surface area contributed by atoms with Crippen molar-refractivity contribution in [2.75, 3.05) is 31.9 Å². The van der Waals surface area contributed by atoms with E-state index in [4.69, 9.17) is 5.73 Å². The minimum atomic E-state index is 0. The van der Waals surface area contributed by atoms with Crippen LogP contribution in [0.4, 0.5) is 5.82 Å². The van der Waals surface area contributed by atoms with Gasteiger partial charge in [0.05, 0.1) is 0 Å². The Kier molecular flexibility index (Phi) is 5.60. The number of nitrogen functional groups attached to an aromatic ring is 1. The Morgan fingerprint density at radius 2 is 2.15 bits per heavy atom. The van der Waals surface area contributed by atoms with Gasteiger partial charge in [0.15, 0.2) is 0 Å². The normalized spacial score (nSPS) is 29.3. The fourth-order valence-electron chi connectivity index (χ4n) is 3.12. The first-order chi connectivity index (χ1) is 9.31. The monoisotopic (exact) mass is 297 g/mol. The minimum absolute atomic E-state index is 0. The molecule has 0 aromatic carbocycles. The molecule has 20 heavy (non-hydrogen) atoms. The molecule has 112 valence electrons. The fourth-order valence-corrected chi connectivity index (χ4v) is 3.12. The lowest BCUT2D eigenvalue weighted by Crippen LogP contribution is -2.44. The van der Waals surface area contributed by atoms with Crippen molar-refractivity contribution in [3.8, 4) is 0 Å². The molecule has 0 spiro atoms. The Morgan fingerprint density at radius 1 is 1.25 bits per heavy atom. The maximum Gasteiger partial charge on any atom is 0.123 e. The van der Waals surface area contributed by atoms with Gasteiger partial charge in [0.2, 0.25) is 0 Å². The zero-order valence-electron chi connectivity index (χ0n) is 11.6. The topological polar surface area (TPSA) is 75.0 Å². The first kappa shape index (κ1) is 15.5. The fraction of sp³-hybridized carbons (Fsp3) is 0.643. The van der Waals surface area contributed by atoms with E-state index in [0.717, 1.165) is 38.3 Å². The third-order valence-electron chi connectivity index (χ3n) is 4.15. The lowest BCUT2D eigenvalue weighted by Gasteiger charge is -2.23. The van der Waals surface area contributed by atoms with Crippen LogP contribution in [0.25, 0.3) is 0 Å². The van der Waals surface area contributed by atoms with Crippen LogP contribution in [0.2, 0.25) is 0 Å². The summed E-state index contributed by atoms with van der Waals surface area (Å²) >= 11 is 0. The Morgan fingerprint density at radius 3 is 2.90 bits per heavy atom. The van der Waals surface area contributed by atoms with Crippen LogP contribution < -0.4 is 21.7 Å². The molecule has 2 aliphatic heterocycles. The molecule has 6 heteroatoms. The Balaban J connectivity index is 0.00000147. The predicted molar refractivity (Wildman–Crippen MR) is 84.2 cm³/mol. The van der Waals surface area contributed by atoms with Gasteiger partial charge in [-0.2, -0.15) is 0 Å². The molecule has 3 heterocycles. The van der Waals surface area contributed by atoms with Gasteiger partial charge in [-0.3, -0.25) is 0 Å². The molecule has 0 unspecified atom stereocenters. The van der Waals surface area contributed by atoms with Gasteiger partial charge in [-0.1, -0.05) is 6.07 Å². The summed E-state index contributed by atoms with van der Waals surface area (Å²) < 4.78 is 0. The molecule has 2 saturated heterocycles. The van der Waals surface area contributed by atoms with Crippen LogP contribution in [-0.4, -0.2) is 43.2 Å². The number of nitrogens with two attached hydrogens (primary N) is 1. The molecule has 5 N–H and O–H groups in total. The van der Waals surface area contributed by atoms with Crippen LogP contribution in [0.15, 0.2) is 18.2 Å². The van der Waals surface area contributed by atoms with E-state index in [1.165, 1.54) is 6.42 Å². The number of nitrogens with one attached hydrogen (secondary N) is 3. The molecule has 0 aliphatic carbocycles. The molecule has 3 atom stereocenters. The number of pyridine rings is 1. The first-order valence-corrected chi connectivity index (χ1v) is 7.20. The number of hydrogen-bond donors (Lipinski definition) is 4. The number of halogens is 1. The molecule has 0 bridgehead atoms. The Bertz CT molecular complexity index is 422. The van der Waals surface area contributed by atoms with Crippen molar-refractivity contribution in [2.45, 2.75) is 24.9 Å². The number of aromatic nitrogens is 1. The summed E-state index contributed by atoms with van der Waals surface area (Å²) in [7, 11) is 0. The third kappa shape index (κ3) is 3.82. The van der Waals surface area contributed by atoms with E-state index < -0.39 is 0 Å². The van der Waals surface area contributed by atoms with Crippen LogP contribution in [0.1, 0.15) is 12.1 Å². The second-order valence-corrected chi connectivity index (χ2v) is 5.64. The lowest BCUT2D eigenvalue weighted by molar-refractivity contribution is 0.381. The summed E-state index contributed by atoms with van der Waals surface area (Å²) in [6, 6.07) is 7.08. The average Bonchev–Trinajstić information content (AvgIpc) is 3.03. The van der Waals surface area contributed by atoms with Crippen molar-refractivity contribution in [3.05, 3.63) is 23.9 Å². The van der Waals surface area contributed by atoms with Gasteiger partial charge in [0.25, 0.3) is 0 Å². The maximum absolute atomic E-state index is 5.75. The number of anilines is 1. The average molecular weight is 298 g/mol. The Hall–Kier alpha value is -0.880. The zero-order valence-corrected chi connectivity index (χ0v) is 12.5. The van der Waals surface area contributed by atoms with Crippen LogP contribution in [0, 0.1) is 5.92 Å². The van der Waals surface area contributed by atoms with Crippen molar-refractivity contribution in [2.24, 2.45) is 5.92 Å². The van der Waals surface area contributed by atoms with Gasteiger partial charge < -0.3 is 21.7 Å². The van der Waals surface area contributed by atoms with Crippen LogP contribution >= 0.6 is 12.4 Å². The molecule has 2 aliphatic rings. The predicted octanol–water partition coefficient (Wildman–Crippen LogP) is 0.168. The molecule has 0 amide bonds. The van der Waals surface area contributed by atoms with Crippen molar-refractivity contribution in [1.82, 2.24) is 20.9 Å². The summed E-state index contributed by atoms with van der Waals surface area (Å²) in [5.41, 5.74) is 6.85. The molecule has 2 fully saturated rings. The number of rotatable bonds is 4. The largest absolute Gasteiger partial charge is 0.384 e. The number of nitrogens with zero attached hydrogens (tertiary/aromatic N) is 1. The highest BCUT2D eigenvalue weighted by Gasteiger charge is 2.30. The summed E-state index contributed by atoms with van der Waals surface area (Å²) in [6.07, 6.45) is 2.23. The molecular weight excluding hydrogens is 274 g/mol. The van der Waals surface area contributed by atoms with Gasteiger partial charge in [-0.15, -0.1) is 12.4 Å². The first-order valence-electron chi connectivity index (χ1n) is 7.20. The quantitative estimate of drug-likeness (QED) is 0.637. The number of hydrogen-bond acceptors (Lipinski definition) is 5. The highest BCUT2D eigenvalue weighted by atomic mass is 35.5. The second-order valence-electron chi connectivity index (χ2n) is 5.64. The molecule has 1 aromatic heterocycles. The molecule has 5 nitrogen and oxygen atoms in total. The molecule has 0 saturated carbocycles. The van der Waals surface area contributed by atoms with Crippen LogP contribution in [0.3, 0.4) is 0 Å². The van der Waals surface area contributed by atoms with Crippen molar-refractivity contribution >= 4 is 18.2 Å². The molecule has 1 aromatic rings. The summed E-state index contributed by atoms with van der Waals surface area (Å²) in [6.45, 7) is 4.36. The molecule has 0 radical (unpaired) electrons. The van der Waals surface area contributed by atoms with Gasteiger partial charge >= 0.3 is 0 Å². The van der Waals surface area contributed by atoms with Gasteiger partial charge in [-0.05, 0) is 44.0 Å². The lowest BCUT2D eigenvalue weighted by atomic mass is 9.96. The van der Waals surface area contributed by atoms with Gasteiger partial charge in [0.1, 0.15) is 5.82 Å². The van der Waals surface area contributed by atoms with Gasteiger partial charge in [0, 0.05) is 30.9 Å². The van der Waals surface area contributed by atoms with E-state index in [-0.39, 0.29) is 12.4 Å². The van der Waals surface area contributed by atoms with Crippen molar-refractivity contribution in [1.29, 1.82) is 0 Å². The minimum Gasteiger partial charge on any atom is -0.384 e. The summed E-state index contributed by atoms with van der Waals surface area (Å²) in [4.78, 5) is 4.41. The maximum atomic E-state index is 5.75. The van der Waals surface area contributed by atoms with Crippen LogP contribution in [0.5, 0.6) is 0 Å². The van der Waals surface area contributed by atoms with Crippen molar-refractivity contribution < 1.29 is 0 Å². The zero-order chi connectivity index (χ0) is 13.1. The van der Waals surface area contributed by atoms with E-state index in [2.05, 4.69) is 27.0 Å². The standard InChI is InChI=1S/C14H23N5.ClH/c15-14-3-1-2-11(19-14)6-10-7-17-9-13(10)18-12-4-5-16-8-12;/h1-3,10,12-13,16-18H,4-9H2,(H2,15,19);1H/t10-,12+,13+;/m0./s1. The van der Waals surface area contributed by atoms with Gasteiger partial charge in [-0.25, -0.2) is 4.98 Å². The SMILES string of the molecule is Cl.Nc1cccc(C[C@H]2CNC[C@H]2N[C@@H]2CCNC2)n1.